The van der Waals surface area contributed by atoms with Gasteiger partial charge in [0.05, 0.1) is 13.7 Å². The number of carbonyl (C=O) groups excluding carboxylic acids is 3. The number of hydrogen-bond donors (Lipinski definition) is 0. The van der Waals surface area contributed by atoms with E-state index in [-0.39, 0.29) is 24.3 Å². The first-order chi connectivity index (χ1) is 18.3. The number of piperazine rings is 1. The number of hydrogen-bond acceptors (Lipinski definition) is 6. The summed E-state index contributed by atoms with van der Waals surface area (Å²) in [6.45, 7) is 5.79. The van der Waals surface area contributed by atoms with Crippen molar-refractivity contribution in [1.82, 2.24) is 19.6 Å². The van der Waals surface area contributed by atoms with Gasteiger partial charge in [0.25, 0.3) is 11.8 Å². The number of methoxy groups -OCH3 is 1. The third-order valence-electron chi connectivity index (χ3n) is 8.10. The van der Waals surface area contributed by atoms with Crippen LogP contribution in [0.15, 0.2) is 48.5 Å². The molecule has 1 atom stereocenters. The maximum Gasteiger partial charge on any atom is 0.257 e. The summed E-state index contributed by atoms with van der Waals surface area (Å²) in [6.07, 6.45) is 0.875. The third-order valence-corrected chi connectivity index (χ3v) is 8.10. The van der Waals surface area contributed by atoms with Crippen LogP contribution in [0.2, 0.25) is 0 Å². The Kier molecular flexibility index (Phi) is 7.40. The van der Waals surface area contributed by atoms with Gasteiger partial charge in [0.15, 0.2) is 0 Å². The number of likely N-dealkylation sites (tertiary alicyclic amines) is 1. The lowest BCUT2D eigenvalue weighted by molar-refractivity contribution is -0.139. The van der Waals surface area contributed by atoms with Gasteiger partial charge in [-0.25, -0.2) is 0 Å². The van der Waals surface area contributed by atoms with E-state index in [1.165, 1.54) is 0 Å². The van der Waals surface area contributed by atoms with Crippen molar-refractivity contribution in [2.24, 2.45) is 0 Å². The van der Waals surface area contributed by atoms with Crippen molar-refractivity contribution in [2.45, 2.75) is 31.5 Å². The first-order valence-electron chi connectivity index (χ1n) is 13.3. The minimum atomic E-state index is -0.949. The number of amides is 3. The van der Waals surface area contributed by atoms with Gasteiger partial charge < -0.3 is 24.2 Å². The van der Waals surface area contributed by atoms with E-state index >= 15 is 0 Å². The van der Waals surface area contributed by atoms with Gasteiger partial charge in [0, 0.05) is 63.2 Å². The van der Waals surface area contributed by atoms with Crippen LogP contribution < -0.4 is 4.74 Å². The highest BCUT2D eigenvalue weighted by Crippen LogP contribution is 2.39. The largest absolute Gasteiger partial charge is 0.497 e. The first-order valence-corrected chi connectivity index (χ1v) is 13.3. The average molecular weight is 521 g/mol. The molecule has 3 aliphatic heterocycles. The van der Waals surface area contributed by atoms with E-state index in [0.29, 0.717) is 55.9 Å². The summed E-state index contributed by atoms with van der Waals surface area (Å²) in [5.74, 6) is 0.217. The van der Waals surface area contributed by atoms with Gasteiger partial charge in [0.1, 0.15) is 17.5 Å². The molecule has 3 fully saturated rings. The summed E-state index contributed by atoms with van der Waals surface area (Å²) < 4.78 is 11.7. The molecule has 0 bridgehead atoms. The van der Waals surface area contributed by atoms with E-state index in [1.54, 1.807) is 36.3 Å². The lowest BCUT2D eigenvalue weighted by atomic mass is 9.95. The summed E-state index contributed by atoms with van der Waals surface area (Å²) in [5, 5.41) is 0. The number of ether oxygens (including phenoxy) is 2. The highest BCUT2D eigenvalue weighted by molar-refractivity contribution is 5.99. The average Bonchev–Trinajstić information content (AvgIpc) is 3.31. The standard InChI is InChI=1S/C29H36N4O5/c1-21-7-4-5-10-24(21)27(35)31-13-11-29(12-14-31)33(26(34)22-8-6-9-23(19-22)37-3)25(20-38-29)28(36)32-17-15-30(2)16-18-32/h4-10,19,25H,11-18,20H2,1-3H3. The van der Waals surface area contributed by atoms with E-state index in [1.807, 2.05) is 48.0 Å². The van der Waals surface area contributed by atoms with Crippen molar-refractivity contribution in [2.75, 3.05) is 60.0 Å². The number of rotatable bonds is 4. The zero-order valence-electron chi connectivity index (χ0n) is 22.4. The Bertz CT molecular complexity index is 1200. The van der Waals surface area contributed by atoms with E-state index in [4.69, 9.17) is 9.47 Å². The summed E-state index contributed by atoms with van der Waals surface area (Å²) in [7, 11) is 3.60. The molecule has 3 heterocycles. The summed E-state index contributed by atoms with van der Waals surface area (Å²) in [5.41, 5.74) is 1.12. The fourth-order valence-corrected chi connectivity index (χ4v) is 5.73. The van der Waals surface area contributed by atoms with Crippen LogP contribution in [-0.4, -0.2) is 109 Å². The zero-order valence-corrected chi connectivity index (χ0v) is 22.4. The number of benzene rings is 2. The smallest absolute Gasteiger partial charge is 0.257 e. The maximum atomic E-state index is 14.1. The molecule has 9 nitrogen and oxygen atoms in total. The summed E-state index contributed by atoms with van der Waals surface area (Å²) >= 11 is 0. The molecule has 0 aromatic heterocycles. The molecule has 0 aliphatic carbocycles. The van der Waals surface area contributed by atoms with Crippen LogP contribution in [0.1, 0.15) is 39.1 Å². The van der Waals surface area contributed by atoms with Crippen LogP contribution in [-0.2, 0) is 9.53 Å². The van der Waals surface area contributed by atoms with Gasteiger partial charge in [-0.1, -0.05) is 24.3 Å². The van der Waals surface area contributed by atoms with E-state index in [2.05, 4.69) is 4.90 Å². The molecular weight excluding hydrogens is 484 g/mol. The molecule has 1 spiro atoms. The molecule has 9 heteroatoms. The Labute approximate surface area is 223 Å². The van der Waals surface area contributed by atoms with Crippen molar-refractivity contribution in [3.05, 3.63) is 65.2 Å². The lowest BCUT2D eigenvalue weighted by Crippen LogP contribution is -2.61. The normalized spacial score (nSPS) is 21.6. The van der Waals surface area contributed by atoms with Crippen molar-refractivity contribution in [3.8, 4) is 5.75 Å². The molecule has 0 N–H and O–H groups in total. The molecule has 1 unspecified atom stereocenters. The number of piperidine rings is 1. The van der Waals surface area contributed by atoms with Gasteiger partial charge in [-0.3, -0.25) is 19.3 Å². The van der Waals surface area contributed by atoms with E-state index in [9.17, 15) is 14.4 Å². The van der Waals surface area contributed by atoms with Gasteiger partial charge in [-0.05, 0) is 43.8 Å². The minimum absolute atomic E-state index is 0.0216. The molecule has 0 radical (unpaired) electrons. The highest BCUT2D eigenvalue weighted by atomic mass is 16.5. The second kappa shape index (κ2) is 10.7. The molecule has 202 valence electrons. The minimum Gasteiger partial charge on any atom is -0.497 e. The van der Waals surface area contributed by atoms with Crippen LogP contribution in [0.3, 0.4) is 0 Å². The number of aryl methyl sites for hydroxylation is 1. The monoisotopic (exact) mass is 520 g/mol. The molecule has 2 aromatic rings. The molecule has 2 aromatic carbocycles. The van der Waals surface area contributed by atoms with Gasteiger partial charge in [0.2, 0.25) is 5.91 Å². The van der Waals surface area contributed by atoms with Crippen LogP contribution in [0, 0.1) is 6.92 Å². The highest BCUT2D eigenvalue weighted by Gasteiger charge is 2.55. The van der Waals surface area contributed by atoms with Crippen LogP contribution in [0.4, 0.5) is 0 Å². The molecule has 38 heavy (non-hydrogen) atoms. The Morgan fingerprint density at radius 3 is 2.29 bits per heavy atom. The Hall–Kier alpha value is -3.43. The topological polar surface area (TPSA) is 82.6 Å². The zero-order chi connectivity index (χ0) is 26.9. The number of likely N-dealkylation sites (N-methyl/N-ethyl adjacent to an activating group) is 1. The lowest BCUT2D eigenvalue weighted by Gasteiger charge is -2.45. The van der Waals surface area contributed by atoms with E-state index in [0.717, 1.165) is 18.7 Å². The molecule has 3 amide bonds. The maximum absolute atomic E-state index is 14.1. The van der Waals surface area contributed by atoms with Crippen molar-refractivity contribution >= 4 is 17.7 Å². The van der Waals surface area contributed by atoms with Crippen molar-refractivity contribution < 1.29 is 23.9 Å². The molecule has 0 saturated carbocycles. The van der Waals surface area contributed by atoms with E-state index < -0.39 is 11.8 Å². The third kappa shape index (κ3) is 4.88. The predicted molar refractivity (Wildman–Crippen MR) is 142 cm³/mol. The Morgan fingerprint density at radius 2 is 1.61 bits per heavy atom. The predicted octanol–water partition coefficient (Wildman–Crippen LogP) is 2.25. The summed E-state index contributed by atoms with van der Waals surface area (Å²) in [4.78, 5) is 48.6. The molecule has 5 rings (SSSR count). The van der Waals surface area contributed by atoms with Crippen molar-refractivity contribution in [1.29, 1.82) is 0 Å². The van der Waals surface area contributed by atoms with Crippen molar-refractivity contribution in [3.63, 3.8) is 0 Å². The van der Waals surface area contributed by atoms with Gasteiger partial charge >= 0.3 is 0 Å². The molecular formula is C29H36N4O5. The van der Waals surface area contributed by atoms with Gasteiger partial charge in [-0.2, -0.15) is 0 Å². The van der Waals surface area contributed by atoms with Crippen LogP contribution >= 0.6 is 0 Å². The van der Waals surface area contributed by atoms with Crippen LogP contribution in [0.5, 0.6) is 5.75 Å². The molecule has 3 aliphatic rings. The van der Waals surface area contributed by atoms with Gasteiger partial charge in [-0.15, -0.1) is 0 Å². The fourth-order valence-electron chi connectivity index (χ4n) is 5.73. The SMILES string of the molecule is COc1cccc(C(=O)N2C(C(=O)N3CCN(C)CC3)COC23CCN(C(=O)c2ccccc2C)CC3)c1. The number of nitrogens with zero attached hydrogens (tertiary/aromatic N) is 4. The quantitative estimate of drug-likeness (QED) is 0.615. The fraction of sp³-hybridized carbons (Fsp3) is 0.483. The number of carbonyl (C=O) groups is 3. The summed E-state index contributed by atoms with van der Waals surface area (Å²) in [6, 6.07) is 13.9. The van der Waals surface area contributed by atoms with Crippen LogP contribution in [0.25, 0.3) is 0 Å². The second-order valence-electron chi connectivity index (χ2n) is 10.4. The molecule has 3 saturated heterocycles. The Balaban J connectivity index is 1.41. The first kappa shape index (κ1) is 26.2. The Morgan fingerprint density at radius 1 is 0.895 bits per heavy atom. The second-order valence-corrected chi connectivity index (χ2v) is 10.4.